The molecule has 6 nitrogen and oxygen atoms in total. The third-order valence-corrected chi connectivity index (χ3v) is 1.64. The van der Waals surface area contributed by atoms with Crippen molar-refractivity contribution in [1.82, 2.24) is 15.5 Å². The van der Waals surface area contributed by atoms with Crippen LogP contribution in [0.5, 0.6) is 0 Å². The van der Waals surface area contributed by atoms with Crippen molar-refractivity contribution in [2.24, 2.45) is 5.73 Å². The summed E-state index contributed by atoms with van der Waals surface area (Å²) in [6, 6.07) is -0.523. The van der Waals surface area contributed by atoms with Crippen LogP contribution in [-0.4, -0.2) is 22.6 Å². The molecular weight excluding hydrogens is 196 g/mol. The standard InChI is InChI=1S/C9H12N4O2/c1-3-5-6(10)9-12-7(13-15-9)8(14)11-4-2/h1,6H,4-5,10H2,2H3,(H,11,14). The first-order valence-electron chi connectivity index (χ1n) is 4.49. The summed E-state index contributed by atoms with van der Waals surface area (Å²) in [5, 5.41) is 6.03. The normalized spacial score (nSPS) is 11.8. The van der Waals surface area contributed by atoms with Gasteiger partial charge < -0.3 is 15.6 Å². The third-order valence-electron chi connectivity index (χ3n) is 1.64. The Morgan fingerprint density at radius 2 is 2.53 bits per heavy atom. The first-order chi connectivity index (χ1) is 7.19. The SMILES string of the molecule is C#CCC(N)c1nc(C(=O)NCC)no1. The molecule has 1 aromatic heterocycles. The van der Waals surface area contributed by atoms with Crippen molar-refractivity contribution < 1.29 is 9.32 Å². The summed E-state index contributed by atoms with van der Waals surface area (Å²) in [5.74, 6) is 2.13. The first-order valence-corrected chi connectivity index (χ1v) is 4.49. The van der Waals surface area contributed by atoms with Gasteiger partial charge in [-0.05, 0) is 6.92 Å². The Balaban J connectivity index is 2.72. The van der Waals surface area contributed by atoms with Gasteiger partial charge >= 0.3 is 0 Å². The van der Waals surface area contributed by atoms with Crippen molar-refractivity contribution >= 4 is 5.91 Å². The maximum Gasteiger partial charge on any atom is 0.292 e. The zero-order valence-corrected chi connectivity index (χ0v) is 8.36. The zero-order valence-electron chi connectivity index (χ0n) is 8.36. The smallest absolute Gasteiger partial charge is 0.292 e. The quantitative estimate of drug-likeness (QED) is 0.670. The summed E-state index contributed by atoms with van der Waals surface area (Å²) in [4.78, 5) is 15.1. The van der Waals surface area contributed by atoms with Gasteiger partial charge in [-0.3, -0.25) is 4.79 Å². The molecular formula is C9H12N4O2. The Labute approximate surface area is 87.2 Å². The summed E-state index contributed by atoms with van der Waals surface area (Å²) in [5.41, 5.74) is 5.62. The van der Waals surface area contributed by atoms with Gasteiger partial charge in [0.1, 0.15) is 0 Å². The molecule has 0 aliphatic carbocycles. The molecule has 0 saturated heterocycles. The number of hydrogen-bond acceptors (Lipinski definition) is 5. The van der Waals surface area contributed by atoms with Gasteiger partial charge in [-0.2, -0.15) is 4.98 Å². The number of amides is 1. The molecule has 0 aliphatic rings. The van der Waals surface area contributed by atoms with Gasteiger partial charge in [0.15, 0.2) is 0 Å². The molecule has 0 spiro atoms. The van der Waals surface area contributed by atoms with Crippen LogP contribution in [0.4, 0.5) is 0 Å². The second-order valence-corrected chi connectivity index (χ2v) is 2.83. The molecule has 0 aromatic carbocycles. The fourth-order valence-electron chi connectivity index (χ4n) is 0.932. The van der Waals surface area contributed by atoms with Crippen molar-refractivity contribution in [3.8, 4) is 12.3 Å². The average Bonchev–Trinajstić information content (AvgIpc) is 2.67. The molecule has 1 atom stereocenters. The molecule has 80 valence electrons. The minimum Gasteiger partial charge on any atom is -0.349 e. The van der Waals surface area contributed by atoms with Crippen molar-refractivity contribution in [3.05, 3.63) is 11.7 Å². The Morgan fingerprint density at radius 3 is 3.13 bits per heavy atom. The number of nitrogens with zero attached hydrogens (tertiary/aromatic N) is 2. The first kappa shape index (κ1) is 11.2. The van der Waals surface area contributed by atoms with Crippen LogP contribution in [0.2, 0.25) is 0 Å². The highest BCUT2D eigenvalue weighted by atomic mass is 16.5. The maximum atomic E-state index is 11.3. The van der Waals surface area contributed by atoms with Crippen LogP contribution < -0.4 is 11.1 Å². The fraction of sp³-hybridized carbons (Fsp3) is 0.444. The van der Waals surface area contributed by atoms with E-state index in [0.29, 0.717) is 6.54 Å². The summed E-state index contributed by atoms with van der Waals surface area (Å²) >= 11 is 0. The molecule has 0 saturated carbocycles. The van der Waals surface area contributed by atoms with Crippen LogP contribution in [0, 0.1) is 12.3 Å². The van der Waals surface area contributed by atoms with Gasteiger partial charge in [-0.15, -0.1) is 12.3 Å². The Morgan fingerprint density at radius 1 is 1.80 bits per heavy atom. The van der Waals surface area contributed by atoms with Gasteiger partial charge in [0.2, 0.25) is 5.89 Å². The molecule has 3 N–H and O–H groups in total. The molecule has 15 heavy (non-hydrogen) atoms. The summed E-state index contributed by atoms with van der Waals surface area (Å²) in [7, 11) is 0. The number of rotatable bonds is 4. The van der Waals surface area contributed by atoms with Gasteiger partial charge in [-0.25, -0.2) is 0 Å². The van der Waals surface area contributed by atoms with Gasteiger partial charge in [-0.1, -0.05) is 5.16 Å². The Hall–Kier alpha value is -1.87. The van der Waals surface area contributed by atoms with E-state index >= 15 is 0 Å². The second kappa shape index (κ2) is 5.12. The molecule has 1 aromatic rings. The Bertz CT molecular complexity index is 380. The van der Waals surface area contributed by atoms with Gasteiger partial charge in [0, 0.05) is 13.0 Å². The number of nitrogens with two attached hydrogens (primary N) is 1. The predicted molar refractivity (Wildman–Crippen MR) is 52.7 cm³/mol. The topological polar surface area (TPSA) is 94.0 Å². The molecule has 0 bridgehead atoms. The number of nitrogens with one attached hydrogen (secondary N) is 1. The van der Waals surface area contributed by atoms with E-state index in [0.717, 1.165) is 0 Å². The molecule has 1 heterocycles. The third kappa shape index (κ3) is 2.79. The highest BCUT2D eigenvalue weighted by molar-refractivity contribution is 5.90. The van der Waals surface area contributed by atoms with Crippen LogP contribution in [0.25, 0.3) is 0 Å². The van der Waals surface area contributed by atoms with Gasteiger partial charge in [0.25, 0.3) is 11.7 Å². The minimum atomic E-state index is -0.523. The largest absolute Gasteiger partial charge is 0.349 e. The lowest BCUT2D eigenvalue weighted by Gasteiger charge is -1.98. The molecule has 1 rings (SSSR count). The highest BCUT2D eigenvalue weighted by Crippen LogP contribution is 2.10. The van der Waals surface area contributed by atoms with E-state index in [4.69, 9.17) is 16.7 Å². The van der Waals surface area contributed by atoms with Crippen LogP contribution in [0.3, 0.4) is 0 Å². The summed E-state index contributed by atoms with van der Waals surface area (Å²) < 4.78 is 4.80. The van der Waals surface area contributed by atoms with Crippen molar-refractivity contribution in [2.75, 3.05) is 6.54 Å². The number of hydrogen-bond donors (Lipinski definition) is 2. The molecule has 6 heteroatoms. The van der Waals surface area contributed by atoms with Crippen LogP contribution in [0.15, 0.2) is 4.52 Å². The molecule has 0 fully saturated rings. The number of carbonyl (C=O) groups is 1. The Kier molecular flexibility index (Phi) is 3.83. The van der Waals surface area contributed by atoms with Crippen molar-refractivity contribution in [3.63, 3.8) is 0 Å². The predicted octanol–water partition coefficient (Wildman–Crippen LogP) is -0.158. The monoisotopic (exact) mass is 208 g/mol. The van der Waals surface area contributed by atoms with E-state index in [1.807, 2.05) is 0 Å². The second-order valence-electron chi connectivity index (χ2n) is 2.83. The van der Waals surface area contributed by atoms with E-state index in [2.05, 4.69) is 21.4 Å². The molecule has 0 radical (unpaired) electrons. The van der Waals surface area contributed by atoms with E-state index in [9.17, 15) is 4.79 Å². The molecule has 1 amide bonds. The summed E-state index contributed by atoms with van der Waals surface area (Å²) in [6.45, 7) is 2.29. The van der Waals surface area contributed by atoms with Crippen LogP contribution >= 0.6 is 0 Å². The number of terminal acetylenes is 1. The van der Waals surface area contributed by atoms with Crippen molar-refractivity contribution in [1.29, 1.82) is 0 Å². The van der Waals surface area contributed by atoms with Crippen LogP contribution in [-0.2, 0) is 0 Å². The number of aromatic nitrogens is 2. The van der Waals surface area contributed by atoms with Gasteiger partial charge in [0.05, 0.1) is 6.04 Å². The maximum absolute atomic E-state index is 11.3. The molecule has 0 aliphatic heterocycles. The van der Waals surface area contributed by atoms with E-state index in [1.165, 1.54) is 0 Å². The van der Waals surface area contributed by atoms with E-state index < -0.39 is 6.04 Å². The lowest BCUT2D eigenvalue weighted by atomic mass is 10.2. The summed E-state index contributed by atoms with van der Waals surface area (Å²) in [6.07, 6.45) is 5.37. The fourth-order valence-corrected chi connectivity index (χ4v) is 0.932. The highest BCUT2D eigenvalue weighted by Gasteiger charge is 2.17. The van der Waals surface area contributed by atoms with Crippen molar-refractivity contribution in [2.45, 2.75) is 19.4 Å². The number of carbonyl (C=O) groups excluding carboxylic acids is 1. The lowest BCUT2D eigenvalue weighted by molar-refractivity contribution is 0.0942. The van der Waals surface area contributed by atoms with E-state index in [1.54, 1.807) is 6.92 Å². The molecule has 1 unspecified atom stereocenters. The van der Waals surface area contributed by atoms with E-state index in [-0.39, 0.29) is 24.0 Å². The average molecular weight is 208 g/mol. The lowest BCUT2D eigenvalue weighted by Crippen LogP contribution is -2.24. The minimum absolute atomic E-state index is 0.0284. The zero-order chi connectivity index (χ0) is 11.3. The van der Waals surface area contributed by atoms with Crippen LogP contribution in [0.1, 0.15) is 35.9 Å².